The molecule has 0 atom stereocenters. The second-order valence-corrected chi connectivity index (χ2v) is 5.57. The highest BCUT2D eigenvalue weighted by Crippen LogP contribution is 2.18. The Morgan fingerprint density at radius 3 is 2.64 bits per heavy atom. The fourth-order valence-corrected chi connectivity index (χ4v) is 2.72. The van der Waals surface area contributed by atoms with Gasteiger partial charge in [0.1, 0.15) is 0 Å². The molecule has 124 valence electrons. The first-order valence-corrected chi connectivity index (χ1v) is 8.07. The van der Waals surface area contributed by atoms with Gasteiger partial charge in [-0.2, -0.15) is 0 Å². The van der Waals surface area contributed by atoms with E-state index in [0.29, 0.717) is 0 Å². The molecule has 1 heterocycles. The summed E-state index contributed by atoms with van der Waals surface area (Å²) in [5.41, 5.74) is 3.02. The number of rotatable bonds is 6. The van der Waals surface area contributed by atoms with Crippen molar-refractivity contribution in [1.29, 1.82) is 0 Å². The minimum atomic E-state index is 0. The molecule has 2 N–H and O–H groups in total. The maximum absolute atomic E-state index is 4.22. The zero-order valence-corrected chi connectivity index (χ0v) is 16.1. The Morgan fingerprint density at radius 2 is 1.91 bits per heavy atom. The molecular formula is C17H29IN4. The van der Waals surface area contributed by atoms with E-state index in [2.05, 4.69) is 51.7 Å². The van der Waals surface area contributed by atoms with Gasteiger partial charge in [-0.1, -0.05) is 31.2 Å². The lowest BCUT2D eigenvalue weighted by Crippen LogP contribution is -2.39. The summed E-state index contributed by atoms with van der Waals surface area (Å²) in [6.07, 6.45) is 3.45. The summed E-state index contributed by atoms with van der Waals surface area (Å²) in [6, 6.07) is 8.81. The van der Waals surface area contributed by atoms with Gasteiger partial charge in [0.2, 0.25) is 0 Å². The van der Waals surface area contributed by atoms with Gasteiger partial charge >= 0.3 is 0 Å². The Balaban J connectivity index is 0.00000242. The van der Waals surface area contributed by atoms with Crippen molar-refractivity contribution in [2.45, 2.75) is 32.7 Å². The quantitative estimate of drug-likeness (QED) is 0.324. The predicted molar refractivity (Wildman–Crippen MR) is 105 cm³/mol. The molecule has 0 saturated carbocycles. The standard InChI is InChI=1S/C17H28N4.HI/c1-3-10-19-17(18-2)20-11-6-12-21-13-9-15-7-4-5-8-16(15)14-21;/h4-5,7-8H,3,6,9-14H2,1-2H3,(H2,18,19,20);1H. The lowest BCUT2D eigenvalue weighted by molar-refractivity contribution is 0.251. The molecule has 1 aromatic carbocycles. The molecule has 22 heavy (non-hydrogen) atoms. The molecule has 0 spiro atoms. The van der Waals surface area contributed by atoms with Gasteiger partial charge in [-0.25, -0.2) is 0 Å². The molecule has 0 amide bonds. The van der Waals surface area contributed by atoms with Gasteiger partial charge in [-0.15, -0.1) is 24.0 Å². The van der Waals surface area contributed by atoms with Crippen LogP contribution in [0, 0.1) is 0 Å². The molecule has 2 rings (SSSR count). The van der Waals surface area contributed by atoms with E-state index < -0.39 is 0 Å². The number of hydrogen-bond donors (Lipinski definition) is 2. The number of nitrogens with one attached hydrogen (secondary N) is 2. The second kappa shape index (κ2) is 10.8. The van der Waals surface area contributed by atoms with E-state index in [0.717, 1.165) is 45.0 Å². The summed E-state index contributed by atoms with van der Waals surface area (Å²) in [6.45, 7) is 7.53. The van der Waals surface area contributed by atoms with E-state index in [-0.39, 0.29) is 24.0 Å². The van der Waals surface area contributed by atoms with Crippen LogP contribution in [0.2, 0.25) is 0 Å². The number of fused-ring (bicyclic) bond motifs is 1. The smallest absolute Gasteiger partial charge is 0.190 e. The molecule has 0 bridgehead atoms. The van der Waals surface area contributed by atoms with Crippen molar-refractivity contribution in [2.75, 3.05) is 33.2 Å². The SMILES string of the molecule is CCCNC(=NC)NCCCN1CCc2ccccc2C1.I. The molecule has 5 heteroatoms. The number of hydrogen-bond acceptors (Lipinski definition) is 2. The van der Waals surface area contributed by atoms with Crippen molar-refractivity contribution in [3.63, 3.8) is 0 Å². The Morgan fingerprint density at radius 1 is 1.18 bits per heavy atom. The monoisotopic (exact) mass is 416 g/mol. The largest absolute Gasteiger partial charge is 0.356 e. The predicted octanol–water partition coefficient (Wildman–Crippen LogP) is 2.63. The molecule has 0 fully saturated rings. The Labute approximate surface area is 151 Å². The summed E-state index contributed by atoms with van der Waals surface area (Å²) in [4.78, 5) is 6.77. The Hall–Kier alpha value is -0.820. The summed E-state index contributed by atoms with van der Waals surface area (Å²) in [5, 5.41) is 6.67. The molecular weight excluding hydrogens is 387 g/mol. The summed E-state index contributed by atoms with van der Waals surface area (Å²) >= 11 is 0. The number of aliphatic imine (C=N–C) groups is 1. The van der Waals surface area contributed by atoms with Crippen LogP contribution >= 0.6 is 24.0 Å². The summed E-state index contributed by atoms with van der Waals surface area (Å²) < 4.78 is 0. The van der Waals surface area contributed by atoms with Gasteiger partial charge in [-0.05, 0) is 30.4 Å². The Bertz CT molecular complexity index is 462. The fraction of sp³-hybridized carbons (Fsp3) is 0.588. The molecule has 1 aliphatic heterocycles. The zero-order valence-electron chi connectivity index (χ0n) is 13.8. The number of nitrogens with zero attached hydrogens (tertiary/aromatic N) is 2. The molecule has 0 saturated heterocycles. The average Bonchev–Trinajstić information content (AvgIpc) is 2.54. The molecule has 1 aromatic rings. The Kier molecular flexibility index (Phi) is 9.47. The fourth-order valence-electron chi connectivity index (χ4n) is 2.72. The lowest BCUT2D eigenvalue weighted by atomic mass is 10.00. The van der Waals surface area contributed by atoms with Gasteiger partial charge in [-0.3, -0.25) is 9.89 Å². The number of guanidine groups is 1. The van der Waals surface area contributed by atoms with Crippen molar-refractivity contribution in [3.05, 3.63) is 35.4 Å². The van der Waals surface area contributed by atoms with E-state index >= 15 is 0 Å². The van der Waals surface area contributed by atoms with E-state index in [4.69, 9.17) is 0 Å². The van der Waals surface area contributed by atoms with Crippen molar-refractivity contribution >= 4 is 29.9 Å². The molecule has 1 aliphatic rings. The highest BCUT2D eigenvalue weighted by Gasteiger charge is 2.14. The van der Waals surface area contributed by atoms with Crippen LogP contribution < -0.4 is 10.6 Å². The molecule has 0 radical (unpaired) electrons. The van der Waals surface area contributed by atoms with Crippen LogP contribution in [-0.4, -0.2) is 44.1 Å². The summed E-state index contributed by atoms with van der Waals surface area (Å²) in [5.74, 6) is 0.917. The van der Waals surface area contributed by atoms with E-state index in [9.17, 15) is 0 Å². The van der Waals surface area contributed by atoms with Crippen molar-refractivity contribution in [1.82, 2.24) is 15.5 Å². The molecule has 0 aromatic heterocycles. The third-order valence-electron chi connectivity index (χ3n) is 3.92. The zero-order chi connectivity index (χ0) is 14.9. The average molecular weight is 416 g/mol. The highest BCUT2D eigenvalue weighted by molar-refractivity contribution is 14.0. The van der Waals surface area contributed by atoms with Crippen LogP contribution in [-0.2, 0) is 13.0 Å². The minimum Gasteiger partial charge on any atom is -0.356 e. The van der Waals surface area contributed by atoms with Crippen LogP contribution in [0.5, 0.6) is 0 Å². The van der Waals surface area contributed by atoms with Crippen molar-refractivity contribution < 1.29 is 0 Å². The minimum absolute atomic E-state index is 0. The first-order chi connectivity index (χ1) is 10.3. The van der Waals surface area contributed by atoms with Crippen LogP contribution in [0.1, 0.15) is 30.9 Å². The third-order valence-corrected chi connectivity index (χ3v) is 3.92. The van der Waals surface area contributed by atoms with Gasteiger partial charge in [0, 0.05) is 39.8 Å². The highest BCUT2D eigenvalue weighted by atomic mass is 127. The van der Waals surface area contributed by atoms with Crippen LogP contribution in [0.3, 0.4) is 0 Å². The van der Waals surface area contributed by atoms with Crippen LogP contribution in [0.25, 0.3) is 0 Å². The van der Waals surface area contributed by atoms with E-state index in [1.807, 2.05) is 7.05 Å². The maximum Gasteiger partial charge on any atom is 0.190 e. The van der Waals surface area contributed by atoms with E-state index in [1.54, 1.807) is 0 Å². The van der Waals surface area contributed by atoms with Gasteiger partial charge < -0.3 is 10.6 Å². The third kappa shape index (κ3) is 6.12. The van der Waals surface area contributed by atoms with Crippen LogP contribution in [0.4, 0.5) is 0 Å². The number of benzene rings is 1. The summed E-state index contributed by atoms with van der Waals surface area (Å²) in [7, 11) is 1.83. The molecule has 0 aliphatic carbocycles. The topological polar surface area (TPSA) is 39.7 Å². The van der Waals surface area contributed by atoms with Crippen LogP contribution in [0.15, 0.2) is 29.3 Å². The van der Waals surface area contributed by atoms with E-state index in [1.165, 1.54) is 24.1 Å². The first-order valence-electron chi connectivity index (χ1n) is 8.07. The van der Waals surface area contributed by atoms with Crippen molar-refractivity contribution in [2.24, 2.45) is 4.99 Å². The van der Waals surface area contributed by atoms with Crippen molar-refractivity contribution in [3.8, 4) is 0 Å². The lowest BCUT2D eigenvalue weighted by Gasteiger charge is -2.28. The first kappa shape index (κ1) is 19.2. The van der Waals surface area contributed by atoms with Gasteiger partial charge in [0.15, 0.2) is 5.96 Å². The number of halogens is 1. The molecule has 4 nitrogen and oxygen atoms in total. The van der Waals surface area contributed by atoms with Gasteiger partial charge in [0.05, 0.1) is 0 Å². The second-order valence-electron chi connectivity index (χ2n) is 5.57. The maximum atomic E-state index is 4.22. The molecule has 0 unspecified atom stereocenters. The van der Waals surface area contributed by atoms with Gasteiger partial charge in [0.25, 0.3) is 0 Å². The normalized spacial score (nSPS) is 14.9.